The second-order valence-electron chi connectivity index (χ2n) is 6.59. The Labute approximate surface area is 164 Å². The maximum absolute atomic E-state index is 12.9. The lowest BCUT2D eigenvalue weighted by Crippen LogP contribution is -2.40. The van der Waals surface area contributed by atoms with Crippen molar-refractivity contribution in [2.75, 3.05) is 6.54 Å². The Morgan fingerprint density at radius 2 is 1.79 bits per heavy atom. The first-order valence-electron chi connectivity index (χ1n) is 9.19. The first-order valence-corrected chi connectivity index (χ1v) is 9.19. The van der Waals surface area contributed by atoms with Gasteiger partial charge in [-0.1, -0.05) is 42.5 Å². The molecule has 0 fully saturated rings. The second kappa shape index (κ2) is 10.3. The molecule has 0 aliphatic heterocycles. The van der Waals surface area contributed by atoms with Gasteiger partial charge in [0.1, 0.15) is 5.75 Å². The smallest absolute Gasteiger partial charge is 0.303 e. The molecule has 6 nitrogen and oxygen atoms in total. The van der Waals surface area contributed by atoms with E-state index in [1.807, 2.05) is 30.3 Å². The van der Waals surface area contributed by atoms with Crippen molar-refractivity contribution in [3.05, 3.63) is 65.7 Å². The van der Waals surface area contributed by atoms with Gasteiger partial charge in [-0.15, -0.1) is 0 Å². The molecule has 0 saturated carbocycles. The van der Waals surface area contributed by atoms with Crippen molar-refractivity contribution in [2.24, 2.45) is 0 Å². The summed E-state index contributed by atoms with van der Waals surface area (Å²) in [5.41, 5.74) is 1.47. The van der Waals surface area contributed by atoms with Crippen molar-refractivity contribution in [1.29, 1.82) is 0 Å². The highest BCUT2D eigenvalue weighted by molar-refractivity contribution is 5.94. The van der Waals surface area contributed by atoms with Crippen LogP contribution >= 0.6 is 0 Å². The Hall–Kier alpha value is -3.15. The van der Waals surface area contributed by atoms with E-state index in [-0.39, 0.29) is 18.1 Å². The van der Waals surface area contributed by atoms with E-state index in [0.29, 0.717) is 30.8 Å². The molecule has 2 rings (SSSR count). The number of amides is 1. The summed E-state index contributed by atoms with van der Waals surface area (Å²) in [4.78, 5) is 36.9. The van der Waals surface area contributed by atoms with Crippen molar-refractivity contribution in [2.45, 2.75) is 39.3 Å². The summed E-state index contributed by atoms with van der Waals surface area (Å²) in [7, 11) is 0. The summed E-state index contributed by atoms with van der Waals surface area (Å²) in [5, 5.41) is 8.87. The number of ketones is 1. The first kappa shape index (κ1) is 21.2. The third-order valence-corrected chi connectivity index (χ3v) is 4.25. The Morgan fingerprint density at radius 1 is 1.07 bits per heavy atom. The summed E-state index contributed by atoms with van der Waals surface area (Å²) in [6.07, 6.45) is -0.412. The number of aliphatic carboxylic acids is 1. The minimum Gasteiger partial charge on any atom is -0.481 e. The minimum atomic E-state index is -0.891. The molecule has 0 radical (unpaired) electrons. The van der Waals surface area contributed by atoms with Gasteiger partial charge in [0.2, 0.25) is 0 Å². The van der Waals surface area contributed by atoms with Crippen LogP contribution in [0.25, 0.3) is 0 Å². The molecular weight excluding hydrogens is 358 g/mol. The van der Waals surface area contributed by atoms with Gasteiger partial charge >= 0.3 is 5.97 Å². The second-order valence-corrected chi connectivity index (χ2v) is 6.59. The number of carboxylic acids is 1. The molecule has 0 aliphatic rings. The number of rotatable bonds is 10. The predicted molar refractivity (Wildman–Crippen MR) is 105 cm³/mol. The molecular formula is C22H25NO5. The van der Waals surface area contributed by atoms with Gasteiger partial charge in [0.05, 0.1) is 0 Å². The van der Waals surface area contributed by atoms with Gasteiger partial charge in [0.15, 0.2) is 11.9 Å². The Balaban J connectivity index is 2.09. The number of Topliss-reactive ketones (excluding diaryl/α,β-unsaturated/α-hetero) is 1. The van der Waals surface area contributed by atoms with E-state index in [0.717, 1.165) is 5.56 Å². The highest BCUT2D eigenvalue weighted by Gasteiger charge is 2.22. The van der Waals surface area contributed by atoms with Crippen LogP contribution in [0.3, 0.4) is 0 Å². The number of ether oxygens (including phenoxy) is 1. The minimum absolute atomic E-state index is 0.00549. The van der Waals surface area contributed by atoms with E-state index in [1.54, 1.807) is 36.1 Å². The standard InChI is InChI=1S/C22H25NO5/c1-16(24)19-10-6-11-20(14-19)28-17(2)22(27)23(13-7-12-21(25)26)15-18-8-4-3-5-9-18/h3-6,8-11,14,17H,7,12-13,15H2,1-2H3,(H,25,26). The molecule has 0 aromatic heterocycles. The number of carbonyl (C=O) groups excluding carboxylic acids is 2. The van der Waals surface area contributed by atoms with Gasteiger partial charge in [-0.2, -0.15) is 0 Å². The number of benzene rings is 2. The summed E-state index contributed by atoms with van der Waals surface area (Å²) < 4.78 is 5.75. The van der Waals surface area contributed by atoms with Gasteiger partial charge in [-0.3, -0.25) is 14.4 Å². The SMILES string of the molecule is CC(=O)c1cccc(OC(C)C(=O)N(CCCC(=O)O)Cc2ccccc2)c1. The lowest BCUT2D eigenvalue weighted by molar-refractivity contribution is -0.140. The molecule has 1 amide bonds. The molecule has 148 valence electrons. The van der Waals surface area contributed by atoms with Crippen LogP contribution in [0.4, 0.5) is 0 Å². The van der Waals surface area contributed by atoms with Crippen molar-refractivity contribution < 1.29 is 24.2 Å². The van der Waals surface area contributed by atoms with E-state index in [4.69, 9.17) is 9.84 Å². The number of hydrogen-bond acceptors (Lipinski definition) is 4. The zero-order valence-electron chi connectivity index (χ0n) is 16.1. The average Bonchev–Trinajstić information content (AvgIpc) is 2.67. The topological polar surface area (TPSA) is 83.9 Å². The van der Waals surface area contributed by atoms with E-state index in [1.165, 1.54) is 6.92 Å². The maximum Gasteiger partial charge on any atom is 0.303 e. The zero-order chi connectivity index (χ0) is 20.5. The van der Waals surface area contributed by atoms with Crippen LogP contribution in [0, 0.1) is 0 Å². The number of nitrogens with zero attached hydrogens (tertiary/aromatic N) is 1. The van der Waals surface area contributed by atoms with Crippen LogP contribution in [0.1, 0.15) is 42.6 Å². The third-order valence-electron chi connectivity index (χ3n) is 4.25. The first-order chi connectivity index (χ1) is 13.4. The molecule has 0 saturated heterocycles. The number of carbonyl (C=O) groups is 3. The number of hydrogen-bond donors (Lipinski definition) is 1. The van der Waals surface area contributed by atoms with Crippen molar-refractivity contribution >= 4 is 17.7 Å². The summed E-state index contributed by atoms with van der Waals surface area (Å²) >= 11 is 0. The van der Waals surface area contributed by atoms with Crippen molar-refractivity contribution in [3.8, 4) is 5.75 Å². The quantitative estimate of drug-likeness (QED) is 0.634. The average molecular weight is 383 g/mol. The normalized spacial score (nSPS) is 11.5. The van der Waals surface area contributed by atoms with Gasteiger partial charge < -0.3 is 14.7 Å². The highest BCUT2D eigenvalue weighted by Crippen LogP contribution is 2.17. The Kier molecular flexibility index (Phi) is 7.75. The lowest BCUT2D eigenvalue weighted by Gasteiger charge is -2.26. The Bertz CT molecular complexity index is 819. The molecule has 0 heterocycles. The molecule has 0 bridgehead atoms. The fraction of sp³-hybridized carbons (Fsp3) is 0.318. The molecule has 6 heteroatoms. The van der Waals surface area contributed by atoms with Crippen molar-refractivity contribution in [1.82, 2.24) is 4.90 Å². The third kappa shape index (κ3) is 6.54. The monoisotopic (exact) mass is 383 g/mol. The van der Waals surface area contributed by atoms with Gasteiger partial charge in [0.25, 0.3) is 5.91 Å². The lowest BCUT2D eigenvalue weighted by atomic mass is 10.1. The van der Waals surface area contributed by atoms with Crippen LogP contribution in [-0.2, 0) is 16.1 Å². The summed E-state index contributed by atoms with van der Waals surface area (Å²) in [5.74, 6) is -0.762. The zero-order valence-corrected chi connectivity index (χ0v) is 16.1. The van der Waals surface area contributed by atoms with Gasteiger partial charge in [0, 0.05) is 25.1 Å². The van der Waals surface area contributed by atoms with Crippen LogP contribution in [0.5, 0.6) is 5.75 Å². The fourth-order valence-corrected chi connectivity index (χ4v) is 2.79. The van der Waals surface area contributed by atoms with Gasteiger partial charge in [-0.25, -0.2) is 0 Å². The molecule has 28 heavy (non-hydrogen) atoms. The molecule has 0 aliphatic carbocycles. The van der Waals surface area contributed by atoms with Crippen LogP contribution in [0.2, 0.25) is 0 Å². The molecule has 2 aromatic rings. The van der Waals surface area contributed by atoms with Crippen LogP contribution in [0.15, 0.2) is 54.6 Å². The van der Waals surface area contributed by atoms with Crippen LogP contribution in [-0.4, -0.2) is 40.3 Å². The summed E-state index contributed by atoms with van der Waals surface area (Å²) in [6, 6.07) is 16.2. The summed E-state index contributed by atoms with van der Waals surface area (Å²) in [6.45, 7) is 3.82. The molecule has 0 spiro atoms. The maximum atomic E-state index is 12.9. The largest absolute Gasteiger partial charge is 0.481 e. The highest BCUT2D eigenvalue weighted by atomic mass is 16.5. The van der Waals surface area contributed by atoms with Crippen LogP contribution < -0.4 is 4.74 Å². The number of carboxylic acid groups (broad SMARTS) is 1. The Morgan fingerprint density at radius 3 is 2.43 bits per heavy atom. The molecule has 1 atom stereocenters. The fourth-order valence-electron chi connectivity index (χ4n) is 2.79. The van der Waals surface area contributed by atoms with E-state index in [2.05, 4.69) is 0 Å². The van der Waals surface area contributed by atoms with Gasteiger partial charge in [-0.05, 0) is 38.0 Å². The van der Waals surface area contributed by atoms with E-state index >= 15 is 0 Å². The predicted octanol–water partition coefficient (Wildman–Crippen LogP) is 3.55. The van der Waals surface area contributed by atoms with E-state index < -0.39 is 12.1 Å². The molecule has 2 aromatic carbocycles. The molecule has 1 unspecified atom stereocenters. The van der Waals surface area contributed by atoms with E-state index in [9.17, 15) is 14.4 Å². The molecule has 1 N–H and O–H groups in total. The van der Waals surface area contributed by atoms with Crippen molar-refractivity contribution in [3.63, 3.8) is 0 Å².